The summed E-state index contributed by atoms with van der Waals surface area (Å²) in [6, 6.07) is 0. The normalized spacial score (nSPS) is 23.7. The quantitative estimate of drug-likeness (QED) is 0.784. The number of alkyl halides is 2. The Kier molecular flexibility index (Phi) is 5.81. The molecule has 1 aliphatic rings. The molecule has 1 heterocycles. The summed E-state index contributed by atoms with van der Waals surface area (Å²) in [6.07, 6.45) is -0.181. The predicted octanol–water partition coefficient (Wildman–Crippen LogP) is 2.38. The molecule has 1 N–H and O–H groups in total. The highest BCUT2D eigenvalue weighted by molar-refractivity contribution is 5.85. The Hall–Kier alpha value is -0.420. The standard InChI is InChI=1S/C11H19F2NO2.ClH/c1-10(2,3)16-9(15)4-8-5-11(12,13)7-14-6-8;/h8,14H,4-7H2,1-3H3;1H. The van der Waals surface area contributed by atoms with Crippen LogP contribution in [0, 0.1) is 5.92 Å². The van der Waals surface area contributed by atoms with Gasteiger partial charge in [-0.25, -0.2) is 8.78 Å². The summed E-state index contributed by atoms with van der Waals surface area (Å²) >= 11 is 0. The average Bonchev–Trinajstić information content (AvgIpc) is 1.96. The molecule has 6 heteroatoms. The fourth-order valence-corrected chi connectivity index (χ4v) is 1.79. The molecular formula is C11H20ClF2NO2. The van der Waals surface area contributed by atoms with Crippen LogP contribution in [0.4, 0.5) is 8.78 Å². The van der Waals surface area contributed by atoms with E-state index in [2.05, 4.69) is 5.32 Å². The van der Waals surface area contributed by atoms with Crippen molar-refractivity contribution in [2.24, 2.45) is 5.92 Å². The molecule has 0 radical (unpaired) electrons. The monoisotopic (exact) mass is 271 g/mol. The van der Waals surface area contributed by atoms with Gasteiger partial charge in [0.15, 0.2) is 0 Å². The number of rotatable bonds is 2. The summed E-state index contributed by atoms with van der Waals surface area (Å²) in [5, 5.41) is 2.64. The van der Waals surface area contributed by atoms with Gasteiger partial charge in [-0.15, -0.1) is 12.4 Å². The van der Waals surface area contributed by atoms with Crippen LogP contribution in [0.25, 0.3) is 0 Å². The Labute approximate surface area is 107 Å². The van der Waals surface area contributed by atoms with Crippen molar-refractivity contribution in [3.63, 3.8) is 0 Å². The second-order valence-electron chi connectivity index (χ2n) is 5.35. The summed E-state index contributed by atoms with van der Waals surface area (Å²) in [7, 11) is 0. The lowest BCUT2D eigenvalue weighted by Crippen LogP contribution is -2.44. The number of ether oxygens (including phenoxy) is 1. The fourth-order valence-electron chi connectivity index (χ4n) is 1.79. The largest absolute Gasteiger partial charge is 0.460 e. The van der Waals surface area contributed by atoms with E-state index in [1.807, 2.05) is 0 Å². The highest BCUT2D eigenvalue weighted by Gasteiger charge is 2.37. The molecule has 1 fully saturated rings. The molecule has 3 nitrogen and oxygen atoms in total. The van der Waals surface area contributed by atoms with E-state index in [0.717, 1.165) is 0 Å². The number of piperidine rings is 1. The zero-order valence-corrected chi connectivity index (χ0v) is 11.2. The third-order valence-electron chi connectivity index (χ3n) is 2.28. The molecule has 1 atom stereocenters. The highest BCUT2D eigenvalue weighted by Crippen LogP contribution is 2.28. The lowest BCUT2D eigenvalue weighted by Gasteiger charge is -2.30. The first kappa shape index (κ1) is 16.6. The van der Waals surface area contributed by atoms with Crippen LogP contribution in [0.3, 0.4) is 0 Å². The molecule has 1 aliphatic heterocycles. The second kappa shape index (κ2) is 5.96. The smallest absolute Gasteiger partial charge is 0.306 e. The van der Waals surface area contributed by atoms with Crippen LogP contribution in [0.2, 0.25) is 0 Å². The third kappa shape index (κ3) is 6.78. The van der Waals surface area contributed by atoms with Gasteiger partial charge in [0.1, 0.15) is 5.60 Å². The number of carbonyl (C=O) groups excluding carboxylic acids is 1. The first-order valence-corrected chi connectivity index (χ1v) is 5.48. The lowest BCUT2D eigenvalue weighted by molar-refractivity contribution is -0.157. The predicted molar refractivity (Wildman–Crippen MR) is 63.6 cm³/mol. The molecule has 0 bridgehead atoms. The minimum absolute atomic E-state index is 0. The van der Waals surface area contributed by atoms with Gasteiger partial charge in [-0.1, -0.05) is 0 Å². The van der Waals surface area contributed by atoms with Crippen molar-refractivity contribution in [3.05, 3.63) is 0 Å². The first-order chi connectivity index (χ1) is 7.18. The van der Waals surface area contributed by atoms with E-state index in [-0.39, 0.29) is 37.7 Å². The van der Waals surface area contributed by atoms with E-state index in [1.165, 1.54) is 0 Å². The molecular weight excluding hydrogens is 252 g/mol. The molecule has 0 saturated carbocycles. The van der Waals surface area contributed by atoms with Crippen LogP contribution >= 0.6 is 12.4 Å². The highest BCUT2D eigenvalue weighted by atomic mass is 35.5. The molecule has 0 aliphatic carbocycles. The van der Waals surface area contributed by atoms with Crippen molar-refractivity contribution < 1.29 is 18.3 Å². The van der Waals surface area contributed by atoms with Crippen molar-refractivity contribution in [2.45, 2.75) is 45.1 Å². The maximum absolute atomic E-state index is 13.0. The average molecular weight is 272 g/mol. The van der Waals surface area contributed by atoms with Gasteiger partial charge in [-0.2, -0.15) is 0 Å². The summed E-state index contributed by atoms with van der Waals surface area (Å²) in [4.78, 5) is 11.4. The van der Waals surface area contributed by atoms with Gasteiger partial charge in [0, 0.05) is 12.8 Å². The Morgan fingerprint density at radius 3 is 2.53 bits per heavy atom. The van der Waals surface area contributed by atoms with E-state index in [9.17, 15) is 13.6 Å². The Morgan fingerprint density at radius 2 is 2.06 bits per heavy atom. The second-order valence-corrected chi connectivity index (χ2v) is 5.35. The van der Waals surface area contributed by atoms with Crippen molar-refractivity contribution in [2.75, 3.05) is 13.1 Å². The van der Waals surface area contributed by atoms with Crippen LogP contribution < -0.4 is 5.32 Å². The number of nitrogens with one attached hydrogen (secondary N) is 1. The minimum atomic E-state index is -2.70. The molecule has 102 valence electrons. The van der Waals surface area contributed by atoms with Crippen molar-refractivity contribution in [1.29, 1.82) is 0 Å². The van der Waals surface area contributed by atoms with Gasteiger partial charge >= 0.3 is 5.97 Å². The molecule has 0 amide bonds. The number of halogens is 3. The van der Waals surface area contributed by atoms with Gasteiger partial charge < -0.3 is 10.1 Å². The van der Waals surface area contributed by atoms with Crippen molar-refractivity contribution >= 4 is 18.4 Å². The van der Waals surface area contributed by atoms with Gasteiger partial charge in [0.2, 0.25) is 0 Å². The summed E-state index contributed by atoms with van der Waals surface area (Å²) in [5.74, 6) is -3.44. The van der Waals surface area contributed by atoms with Gasteiger partial charge in [-0.05, 0) is 33.2 Å². The molecule has 0 aromatic rings. The molecule has 1 unspecified atom stereocenters. The van der Waals surface area contributed by atoms with E-state index in [1.54, 1.807) is 20.8 Å². The Bertz CT molecular complexity index is 267. The first-order valence-electron chi connectivity index (χ1n) is 5.48. The summed E-state index contributed by atoms with van der Waals surface area (Å²) in [6.45, 7) is 5.45. The van der Waals surface area contributed by atoms with Crippen LogP contribution in [-0.2, 0) is 9.53 Å². The summed E-state index contributed by atoms with van der Waals surface area (Å²) in [5.41, 5.74) is -0.554. The number of carbonyl (C=O) groups is 1. The van der Waals surface area contributed by atoms with Gasteiger partial charge in [0.05, 0.1) is 6.54 Å². The Balaban J connectivity index is 0.00000256. The minimum Gasteiger partial charge on any atom is -0.460 e. The third-order valence-corrected chi connectivity index (χ3v) is 2.28. The van der Waals surface area contributed by atoms with Crippen molar-refractivity contribution in [3.8, 4) is 0 Å². The SMILES string of the molecule is CC(C)(C)OC(=O)CC1CNCC(F)(F)C1.Cl. The van der Waals surface area contributed by atoms with E-state index < -0.39 is 17.5 Å². The molecule has 1 saturated heterocycles. The van der Waals surface area contributed by atoms with E-state index in [4.69, 9.17) is 4.74 Å². The molecule has 0 aromatic carbocycles. The van der Waals surface area contributed by atoms with Crippen molar-refractivity contribution in [1.82, 2.24) is 5.32 Å². The number of hydrogen-bond acceptors (Lipinski definition) is 3. The number of hydrogen-bond donors (Lipinski definition) is 1. The zero-order chi connectivity index (χ0) is 12.4. The van der Waals surface area contributed by atoms with Crippen LogP contribution in [0.15, 0.2) is 0 Å². The van der Waals surface area contributed by atoms with Crippen LogP contribution in [0.5, 0.6) is 0 Å². The zero-order valence-electron chi connectivity index (χ0n) is 10.4. The lowest BCUT2D eigenvalue weighted by atomic mass is 9.94. The van der Waals surface area contributed by atoms with E-state index in [0.29, 0.717) is 6.54 Å². The molecule has 0 aromatic heterocycles. The fraction of sp³-hybridized carbons (Fsp3) is 0.909. The topological polar surface area (TPSA) is 38.3 Å². The molecule has 1 rings (SSSR count). The summed E-state index contributed by atoms with van der Waals surface area (Å²) < 4.78 is 31.2. The maximum atomic E-state index is 13.0. The maximum Gasteiger partial charge on any atom is 0.306 e. The van der Waals surface area contributed by atoms with Crippen LogP contribution in [0.1, 0.15) is 33.6 Å². The van der Waals surface area contributed by atoms with Gasteiger partial charge in [0.25, 0.3) is 5.92 Å². The Morgan fingerprint density at radius 1 is 1.47 bits per heavy atom. The van der Waals surface area contributed by atoms with Gasteiger partial charge in [-0.3, -0.25) is 4.79 Å². The van der Waals surface area contributed by atoms with E-state index >= 15 is 0 Å². The van der Waals surface area contributed by atoms with Crippen LogP contribution in [-0.4, -0.2) is 30.6 Å². The number of esters is 1. The molecule has 17 heavy (non-hydrogen) atoms. The molecule has 0 spiro atoms.